The lowest BCUT2D eigenvalue weighted by molar-refractivity contribution is 0.127. The molecule has 0 aromatic heterocycles. The lowest BCUT2D eigenvalue weighted by Gasteiger charge is -2.27. The molecule has 160 valence electrons. The van der Waals surface area contributed by atoms with Gasteiger partial charge in [0.05, 0.1) is 18.0 Å². The first-order chi connectivity index (χ1) is 12.9. The van der Waals surface area contributed by atoms with Crippen LogP contribution in [0.15, 0.2) is 34.2 Å². The molecule has 1 heterocycles. The molecule has 1 atom stereocenters. The lowest BCUT2D eigenvalue weighted by atomic mass is 9.84. The van der Waals surface area contributed by atoms with E-state index in [0.29, 0.717) is 32.1 Å². The quantitative estimate of drug-likeness (QED) is 0.218. The van der Waals surface area contributed by atoms with Gasteiger partial charge in [0.25, 0.3) is 0 Å². The molecule has 4 N–H and O–H groups in total. The number of aliphatic imine (C=N–C) groups is 1. The van der Waals surface area contributed by atoms with E-state index in [0.717, 1.165) is 25.1 Å². The minimum atomic E-state index is -3.43. The van der Waals surface area contributed by atoms with E-state index in [-0.39, 0.29) is 40.9 Å². The SMILES string of the molecule is CCNC(=NCc1ccc(S(=O)(=O)NC)cc1)NCC1(CCO)CCOC1.I. The predicted octanol–water partition coefficient (Wildman–Crippen LogP) is 1.06. The zero-order valence-corrected chi connectivity index (χ0v) is 19.5. The fraction of sp³-hybridized carbons (Fsp3) is 0.611. The number of sulfonamides is 1. The van der Waals surface area contributed by atoms with Crippen LogP contribution in [0.1, 0.15) is 25.3 Å². The van der Waals surface area contributed by atoms with Crippen LogP contribution in [0.25, 0.3) is 0 Å². The highest BCUT2D eigenvalue weighted by atomic mass is 127. The molecule has 0 aliphatic carbocycles. The third-order valence-corrected chi connectivity index (χ3v) is 6.15. The van der Waals surface area contributed by atoms with Crippen LogP contribution in [0.5, 0.6) is 0 Å². The van der Waals surface area contributed by atoms with Crippen LogP contribution < -0.4 is 15.4 Å². The maximum atomic E-state index is 11.8. The van der Waals surface area contributed by atoms with Gasteiger partial charge in [0.2, 0.25) is 10.0 Å². The molecular weight excluding hydrogens is 495 g/mol. The summed E-state index contributed by atoms with van der Waals surface area (Å²) in [5.74, 6) is 0.689. The Kier molecular flexibility index (Phi) is 10.7. The second-order valence-electron chi connectivity index (χ2n) is 6.68. The number of guanidine groups is 1. The summed E-state index contributed by atoms with van der Waals surface area (Å²) < 4.78 is 31.4. The van der Waals surface area contributed by atoms with E-state index >= 15 is 0 Å². The number of halogens is 1. The third kappa shape index (κ3) is 7.14. The monoisotopic (exact) mass is 526 g/mol. The smallest absolute Gasteiger partial charge is 0.240 e. The van der Waals surface area contributed by atoms with E-state index in [1.54, 1.807) is 24.3 Å². The molecule has 28 heavy (non-hydrogen) atoms. The zero-order chi connectivity index (χ0) is 19.8. The number of hydrogen-bond donors (Lipinski definition) is 4. The molecular formula is C18H31IN4O4S. The molecule has 1 unspecified atom stereocenters. The highest BCUT2D eigenvalue weighted by Gasteiger charge is 2.34. The molecule has 10 heteroatoms. The number of nitrogens with one attached hydrogen (secondary N) is 3. The van der Waals surface area contributed by atoms with Crippen molar-refractivity contribution < 1.29 is 18.3 Å². The number of aliphatic hydroxyl groups excluding tert-OH is 1. The van der Waals surface area contributed by atoms with Crippen molar-refractivity contribution in [2.75, 3.05) is 40.0 Å². The van der Waals surface area contributed by atoms with Crippen LogP contribution >= 0.6 is 24.0 Å². The van der Waals surface area contributed by atoms with Crippen LogP contribution in [0.3, 0.4) is 0 Å². The van der Waals surface area contributed by atoms with Gasteiger partial charge in [-0.25, -0.2) is 18.1 Å². The van der Waals surface area contributed by atoms with Gasteiger partial charge in [-0.2, -0.15) is 0 Å². The van der Waals surface area contributed by atoms with E-state index in [2.05, 4.69) is 20.3 Å². The van der Waals surface area contributed by atoms with Gasteiger partial charge >= 0.3 is 0 Å². The molecule has 0 spiro atoms. The Morgan fingerprint density at radius 2 is 2.00 bits per heavy atom. The molecule has 1 aliphatic rings. The van der Waals surface area contributed by atoms with Gasteiger partial charge in [0.15, 0.2) is 5.96 Å². The molecule has 1 aromatic carbocycles. The van der Waals surface area contributed by atoms with Crippen molar-refractivity contribution in [2.45, 2.75) is 31.2 Å². The topological polar surface area (TPSA) is 112 Å². The maximum Gasteiger partial charge on any atom is 0.240 e. The average Bonchev–Trinajstić information content (AvgIpc) is 3.13. The van der Waals surface area contributed by atoms with Crippen LogP contribution in [-0.2, 0) is 21.3 Å². The van der Waals surface area contributed by atoms with Gasteiger partial charge in [-0.15, -0.1) is 24.0 Å². The number of hydrogen-bond acceptors (Lipinski definition) is 5. The molecule has 1 aromatic rings. The second kappa shape index (κ2) is 11.9. The van der Waals surface area contributed by atoms with E-state index in [9.17, 15) is 13.5 Å². The minimum Gasteiger partial charge on any atom is -0.396 e. The van der Waals surface area contributed by atoms with E-state index in [1.165, 1.54) is 7.05 Å². The molecule has 0 amide bonds. The largest absolute Gasteiger partial charge is 0.396 e. The predicted molar refractivity (Wildman–Crippen MR) is 120 cm³/mol. The summed E-state index contributed by atoms with van der Waals surface area (Å²) in [6.07, 6.45) is 1.61. The molecule has 0 bridgehead atoms. The Labute approximate surface area is 184 Å². The normalized spacial score (nSPS) is 19.9. The average molecular weight is 526 g/mol. The fourth-order valence-corrected chi connectivity index (χ4v) is 3.72. The van der Waals surface area contributed by atoms with Gasteiger partial charge < -0.3 is 20.5 Å². The van der Waals surface area contributed by atoms with Gasteiger partial charge in [-0.05, 0) is 44.5 Å². The number of rotatable bonds is 9. The molecule has 1 aliphatic heterocycles. The molecule has 0 saturated carbocycles. The molecule has 2 rings (SSSR count). The van der Waals surface area contributed by atoms with Crippen molar-refractivity contribution >= 4 is 40.0 Å². The van der Waals surface area contributed by atoms with Crippen molar-refractivity contribution in [3.63, 3.8) is 0 Å². The number of benzene rings is 1. The van der Waals surface area contributed by atoms with Crippen LogP contribution in [0.2, 0.25) is 0 Å². The van der Waals surface area contributed by atoms with Gasteiger partial charge in [-0.1, -0.05) is 12.1 Å². The fourth-order valence-electron chi connectivity index (χ4n) is 2.99. The van der Waals surface area contributed by atoms with Crippen molar-refractivity contribution in [2.24, 2.45) is 10.4 Å². The Balaban J connectivity index is 0.00000392. The van der Waals surface area contributed by atoms with Crippen molar-refractivity contribution in [3.05, 3.63) is 29.8 Å². The van der Waals surface area contributed by atoms with Gasteiger partial charge in [0, 0.05) is 31.7 Å². The van der Waals surface area contributed by atoms with Crippen molar-refractivity contribution in [3.8, 4) is 0 Å². The number of aliphatic hydroxyl groups is 1. The maximum absolute atomic E-state index is 11.8. The summed E-state index contributed by atoms with van der Waals surface area (Å²) in [5.41, 5.74) is 0.852. The minimum absolute atomic E-state index is 0. The van der Waals surface area contributed by atoms with E-state index < -0.39 is 10.0 Å². The zero-order valence-electron chi connectivity index (χ0n) is 16.4. The van der Waals surface area contributed by atoms with Crippen LogP contribution in [-0.4, -0.2) is 59.4 Å². The highest BCUT2D eigenvalue weighted by molar-refractivity contribution is 14.0. The van der Waals surface area contributed by atoms with E-state index in [1.807, 2.05) is 6.92 Å². The van der Waals surface area contributed by atoms with Gasteiger partial charge in [0.1, 0.15) is 0 Å². The first-order valence-corrected chi connectivity index (χ1v) is 10.7. The summed E-state index contributed by atoms with van der Waals surface area (Å²) in [4.78, 5) is 4.81. The first kappa shape index (κ1) is 25.1. The first-order valence-electron chi connectivity index (χ1n) is 9.18. The Morgan fingerprint density at radius 3 is 2.54 bits per heavy atom. The summed E-state index contributed by atoms with van der Waals surface area (Å²) >= 11 is 0. The summed E-state index contributed by atoms with van der Waals surface area (Å²) in [6.45, 7) is 5.34. The third-order valence-electron chi connectivity index (χ3n) is 4.72. The van der Waals surface area contributed by atoms with E-state index in [4.69, 9.17) is 4.74 Å². The van der Waals surface area contributed by atoms with Gasteiger partial charge in [-0.3, -0.25) is 0 Å². The number of ether oxygens (including phenoxy) is 1. The molecule has 1 saturated heterocycles. The molecule has 0 radical (unpaired) electrons. The summed E-state index contributed by atoms with van der Waals surface area (Å²) in [5, 5.41) is 15.9. The van der Waals surface area contributed by atoms with Crippen LogP contribution in [0, 0.1) is 5.41 Å². The lowest BCUT2D eigenvalue weighted by Crippen LogP contribution is -2.44. The Hall–Kier alpha value is -0.950. The second-order valence-corrected chi connectivity index (χ2v) is 8.56. The van der Waals surface area contributed by atoms with Crippen LogP contribution in [0.4, 0.5) is 0 Å². The molecule has 8 nitrogen and oxygen atoms in total. The molecule has 1 fully saturated rings. The van der Waals surface area contributed by atoms with Crippen molar-refractivity contribution in [1.82, 2.24) is 15.4 Å². The summed E-state index contributed by atoms with van der Waals surface area (Å²) in [7, 11) is -2.04. The Bertz CT molecular complexity index is 720. The standard InChI is InChI=1S/C18H30N4O4S.HI/c1-3-20-17(22-13-18(8-10-23)9-11-26-14-18)21-12-15-4-6-16(7-5-15)27(24,25)19-2;/h4-7,19,23H,3,8-14H2,1-2H3,(H2,20,21,22);1H. The van der Waals surface area contributed by atoms with Crippen molar-refractivity contribution in [1.29, 1.82) is 0 Å². The Morgan fingerprint density at radius 1 is 1.29 bits per heavy atom. The highest BCUT2D eigenvalue weighted by Crippen LogP contribution is 2.31. The summed E-state index contributed by atoms with van der Waals surface area (Å²) in [6, 6.07) is 6.66. The number of nitrogens with zero attached hydrogens (tertiary/aromatic N) is 1.